The zero-order valence-corrected chi connectivity index (χ0v) is 13.4. The fourth-order valence-electron chi connectivity index (χ4n) is 2.39. The molecule has 112 valence electrons. The van der Waals surface area contributed by atoms with Crippen molar-refractivity contribution in [2.45, 2.75) is 25.5 Å². The van der Waals surface area contributed by atoms with Gasteiger partial charge >= 0.3 is 0 Å². The fourth-order valence-corrected chi connectivity index (χ4v) is 3.57. The number of thioether (sulfide) groups is 1. The lowest BCUT2D eigenvalue weighted by Crippen LogP contribution is -2.42. The average molecular weight is 303 g/mol. The van der Waals surface area contributed by atoms with Gasteiger partial charge in [0, 0.05) is 35.2 Å². The highest BCUT2D eigenvalue weighted by Crippen LogP contribution is 2.23. The Kier molecular flexibility index (Phi) is 5.72. The second kappa shape index (κ2) is 7.53. The molecule has 1 aliphatic rings. The molecule has 0 aromatic heterocycles. The molecule has 1 aromatic carbocycles. The minimum atomic E-state index is -0.168. The molecule has 1 unspecified atom stereocenters. The van der Waals surface area contributed by atoms with Crippen LogP contribution in [0.15, 0.2) is 18.2 Å². The van der Waals surface area contributed by atoms with E-state index in [1.54, 1.807) is 0 Å². The van der Waals surface area contributed by atoms with E-state index in [2.05, 4.69) is 18.8 Å². The maximum Gasteiger partial charge on any atom is 0.254 e. The van der Waals surface area contributed by atoms with Crippen LogP contribution < -0.4 is 0 Å². The van der Waals surface area contributed by atoms with Crippen LogP contribution in [0.4, 0.5) is 0 Å². The lowest BCUT2D eigenvalue weighted by atomic mass is 10.0. The molecule has 4 heteroatoms. The van der Waals surface area contributed by atoms with Crippen LogP contribution in [0.3, 0.4) is 0 Å². The van der Waals surface area contributed by atoms with Gasteiger partial charge in [-0.1, -0.05) is 24.8 Å². The van der Waals surface area contributed by atoms with E-state index in [0.29, 0.717) is 5.25 Å². The Labute approximate surface area is 130 Å². The number of amides is 1. The Hall–Kier alpha value is -1.44. The van der Waals surface area contributed by atoms with E-state index >= 15 is 0 Å². The first-order valence-electron chi connectivity index (χ1n) is 7.27. The summed E-state index contributed by atoms with van der Waals surface area (Å²) in [5, 5.41) is 9.31. The van der Waals surface area contributed by atoms with Crippen LogP contribution in [0.2, 0.25) is 0 Å². The van der Waals surface area contributed by atoms with Crippen molar-refractivity contribution < 1.29 is 9.90 Å². The van der Waals surface area contributed by atoms with Gasteiger partial charge in [0.15, 0.2) is 0 Å². The van der Waals surface area contributed by atoms with Crippen molar-refractivity contribution >= 4 is 17.7 Å². The molecule has 1 saturated heterocycles. The smallest absolute Gasteiger partial charge is 0.254 e. The first-order chi connectivity index (χ1) is 10.2. The summed E-state index contributed by atoms with van der Waals surface area (Å²) < 4.78 is 0. The molecule has 2 rings (SSSR count). The number of carbonyl (C=O) groups excluding carboxylic acids is 1. The predicted octanol–water partition coefficient (Wildman–Crippen LogP) is 2.31. The van der Waals surface area contributed by atoms with Crippen molar-refractivity contribution in [2.24, 2.45) is 0 Å². The quantitative estimate of drug-likeness (QED) is 0.852. The second-order valence-electron chi connectivity index (χ2n) is 5.14. The molecule has 1 N–H and O–H groups in total. The first-order valence-corrected chi connectivity index (χ1v) is 8.31. The number of carbonyl (C=O) groups is 1. The number of benzene rings is 1. The summed E-state index contributed by atoms with van der Waals surface area (Å²) in [5.41, 5.74) is 2.47. The molecular formula is C17H21NO2S. The molecule has 3 nitrogen and oxygen atoms in total. The Balaban J connectivity index is 2.21. The van der Waals surface area contributed by atoms with Crippen LogP contribution >= 0.6 is 11.8 Å². The number of aryl methyl sites for hydroxylation is 1. The van der Waals surface area contributed by atoms with E-state index in [0.717, 1.165) is 42.0 Å². The van der Waals surface area contributed by atoms with Gasteiger partial charge in [-0.2, -0.15) is 11.8 Å². The Morgan fingerprint density at radius 2 is 2.33 bits per heavy atom. The molecule has 1 fully saturated rings. The highest BCUT2D eigenvalue weighted by atomic mass is 32.2. The van der Waals surface area contributed by atoms with Gasteiger partial charge in [-0.05, 0) is 31.0 Å². The fraction of sp³-hybridized carbons (Fsp3) is 0.471. The molecule has 1 amide bonds. The normalized spacial score (nSPS) is 18.0. The van der Waals surface area contributed by atoms with Gasteiger partial charge in [-0.3, -0.25) is 4.79 Å². The third-order valence-corrected chi connectivity index (χ3v) is 5.03. The number of aliphatic hydroxyl groups is 1. The van der Waals surface area contributed by atoms with Gasteiger partial charge in [-0.15, -0.1) is 0 Å². The number of hydrogen-bond donors (Lipinski definition) is 1. The predicted molar refractivity (Wildman–Crippen MR) is 87.6 cm³/mol. The summed E-state index contributed by atoms with van der Waals surface area (Å²) in [7, 11) is 0. The van der Waals surface area contributed by atoms with Crippen molar-refractivity contribution in [3.8, 4) is 11.8 Å². The van der Waals surface area contributed by atoms with E-state index in [1.807, 2.05) is 41.8 Å². The highest BCUT2D eigenvalue weighted by Gasteiger charge is 2.24. The Morgan fingerprint density at radius 1 is 1.52 bits per heavy atom. The Morgan fingerprint density at radius 3 is 3.05 bits per heavy atom. The van der Waals surface area contributed by atoms with Gasteiger partial charge in [0.25, 0.3) is 5.91 Å². The maximum absolute atomic E-state index is 12.7. The molecular weight excluding hydrogens is 282 g/mol. The molecule has 0 aliphatic carbocycles. The largest absolute Gasteiger partial charge is 0.384 e. The number of aliphatic hydroxyl groups excluding tert-OH is 1. The summed E-state index contributed by atoms with van der Waals surface area (Å²) in [6, 6.07) is 5.64. The molecule has 1 atom stereocenters. The van der Waals surface area contributed by atoms with E-state index in [9.17, 15) is 4.79 Å². The summed E-state index contributed by atoms with van der Waals surface area (Å²) in [6.45, 7) is 5.59. The summed E-state index contributed by atoms with van der Waals surface area (Å²) >= 11 is 1.95. The van der Waals surface area contributed by atoms with Crippen molar-refractivity contribution in [1.29, 1.82) is 0 Å². The molecule has 1 aromatic rings. The minimum Gasteiger partial charge on any atom is -0.384 e. The van der Waals surface area contributed by atoms with Crippen LogP contribution in [0.5, 0.6) is 0 Å². The van der Waals surface area contributed by atoms with Crippen molar-refractivity contribution in [3.05, 3.63) is 34.9 Å². The zero-order chi connectivity index (χ0) is 15.2. The monoisotopic (exact) mass is 303 g/mol. The third kappa shape index (κ3) is 4.03. The van der Waals surface area contributed by atoms with Crippen molar-refractivity contribution in [1.82, 2.24) is 4.90 Å². The lowest BCUT2D eigenvalue weighted by molar-refractivity contribution is 0.0760. The van der Waals surface area contributed by atoms with Crippen LogP contribution in [0.25, 0.3) is 0 Å². The summed E-state index contributed by atoms with van der Waals surface area (Å²) in [4.78, 5) is 14.7. The van der Waals surface area contributed by atoms with Gasteiger partial charge in [0.2, 0.25) is 0 Å². The van der Waals surface area contributed by atoms with E-state index < -0.39 is 0 Å². The van der Waals surface area contributed by atoms with Gasteiger partial charge < -0.3 is 10.0 Å². The molecule has 0 radical (unpaired) electrons. The topological polar surface area (TPSA) is 40.5 Å². The first kappa shape index (κ1) is 15.9. The highest BCUT2D eigenvalue weighted by molar-refractivity contribution is 8.00. The van der Waals surface area contributed by atoms with E-state index in [-0.39, 0.29) is 12.5 Å². The van der Waals surface area contributed by atoms with Crippen molar-refractivity contribution in [3.63, 3.8) is 0 Å². The standard InChI is InChI=1S/C17H21NO2S/c1-3-15-12-18(8-10-21-15)17(20)16-11-14(5-4-9-19)7-6-13(16)2/h6-7,11,15,19H,3,8-10,12H2,1-2H3. The number of hydrogen-bond acceptors (Lipinski definition) is 3. The van der Waals surface area contributed by atoms with Crippen LogP contribution in [0.1, 0.15) is 34.8 Å². The van der Waals surface area contributed by atoms with Crippen LogP contribution in [-0.4, -0.2) is 46.6 Å². The third-order valence-electron chi connectivity index (χ3n) is 3.66. The summed E-state index contributed by atoms with van der Waals surface area (Å²) in [6.07, 6.45) is 1.09. The van der Waals surface area contributed by atoms with Gasteiger partial charge in [0.1, 0.15) is 6.61 Å². The molecule has 0 spiro atoms. The number of nitrogens with zero attached hydrogens (tertiary/aromatic N) is 1. The molecule has 0 saturated carbocycles. The second-order valence-corrected chi connectivity index (χ2v) is 6.55. The average Bonchev–Trinajstić information content (AvgIpc) is 2.53. The van der Waals surface area contributed by atoms with E-state index in [1.165, 1.54) is 0 Å². The van der Waals surface area contributed by atoms with Crippen molar-refractivity contribution in [2.75, 3.05) is 25.4 Å². The zero-order valence-electron chi connectivity index (χ0n) is 12.6. The van der Waals surface area contributed by atoms with Crippen LogP contribution in [-0.2, 0) is 0 Å². The minimum absolute atomic E-state index is 0.0962. The Bertz CT molecular complexity index is 574. The van der Waals surface area contributed by atoms with E-state index in [4.69, 9.17) is 5.11 Å². The maximum atomic E-state index is 12.7. The lowest BCUT2D eigenvalue weighted by Gasteiger charge is -2.32. The number of rotatable bonds is 2. The molecule has 21 heavy (non-hydrogen) atoms. The summed E-state index contributed by atoms with van der Waals surface area (Å²) in [5.74, 6) is 6.59. The molecule has 0 bridgehead atoms. The van der Waals surface area contributed by atoms with Gasteiger partial charge in [0.05, 0.1) is 0 Å². The SMILES string of the molecule is CCC1CN(C(=O)c2cc(C#CCO)ccc2C)CCS1. The molecule has 1 heterocycles. The van der Waals surface area contributed by atoms with Crippen LogP contribution in [0, 0.1) is 18.8 Å². The molecule has 1 aliphatic heterocycles. The van der Waals surface area contributed by atoms with Gasteiger partial charge in [-0.25, -0.2) is 0 Å².